The van der Waals surface area contributed by atoms with E-state index in [2.05, 4.69) is 13.2 Å². The highest BCUT2D eigenvalue weighted by atomic mass is 16.5. The average Bonchev–Trinajstić information content (AvgIpc) is 2.64. The fraction of sp³-hybridized carbons (Fsp3) is 0.556. The van der Waals surface area contributed by atoms with Gasteiger partial charge in [0.1, 0.15) is 5.76 Å². The number of hydrogen-bond donors (Lipinski definition) is 1. The molecular formula is C9H15NO. The van der Waals surface area contributed by atoms with E-state index in [1.807, 2.05) is 13.0 Å². The number of nitrogens with two attached hydrogens (primary N) is 1. The summed E-state index contributed by atoms with van der Waals surface area (Å²) in [5.41, 5.74) is 5.63. The molecule has 1 fully saturated rings. The summed E-state index contributed by atoms with van der Waals surface area (Å²) in [6.07, 6.45) is 2.79. The number of rotatable bonds is 4. The van der Waals surface area contributed by atoms with Crippen LogP contribution in [0, 0.1) is 5.92 Å². The van der Waals surface area contributed by atoms with Gasteiger partial charge in [0, 0.05) is 5.92 Å². The molecule has 2 N–H and O–H groups in total. The highest BCUT2D eigenvalue weighted by Crippen LogP contribution is 2.46. The Morgan fingerprint density at radius 3 is 2.91 bits per heavy atom. The lowest BCUT2D eigenvalue weighted by molar-refractivity contribution is 0.203. The van der Waals surface area contributed by atoms with Crippen LogP contribution in [0.5, 0.6) is 0 Å². The largest absolute Gasteiger partial charge is 0.497 e. The molecule has 0 radical (unpaired) electrons. The molecular weight excluding hydrogens is 138 g/mol. The Morgan fingerprint density at radius 1 is 1.91 bits per heavy atom. The lowest BCUT2D eigenvalue weighted by Crippen LogP contribution is -2.28. The molecule has 0 aromatic rings. The van der Waals surface area contributed by atoms with Gasteiger partial charge in [-0.1, -0.05) is 12.7 Å². The lowest BCUT2D eigenvalue weighted by atomic mass is 10.2. The van der Waals surface area contributed by atoms with Gasteiger partial charge in [0.15, 0.2) is 0 Å². The van der Waals surface area contributed by atoms with Crippen molar-refractivity contribution in [2.45, 2.75) is 18.9 Å². The number of hydrogen-bond acceptors (Lipinski definition) is 2. The molecule has 1 saturated carbocycles. The van der Waals surface area contributed by atoms with E-state index in [0.29, 0.717) is 18.3 Å². The van der Waals surface area contributed by atoms with Crippen molar-refractivity contribution >= 4 is 0 Å². The lowest BCUT2D eigenvalue weighted by Gasteiger charge is -2.13. The maximum atomic E-state index is 5.94. The van der Waals surface area contributed by atoms with Crippen LogP contribution in [-0.2, 0) is 4.74 Å². The van der Waals surface area contributed by atoms with Crippen LogP contribution in [0.1, 0.15) is 13.3 Å². The molecule has 2 nitrogen and oxygen atoms in total. The second-order valence-corrected chi connectivity index (χ2v) is 2.94. The Balaban J connectivity index is 2.49. The van der Waals surface area contributed by atoms with Gasteiger partial charge in [0.05, 0.1) is 12.1 Å². The van der Waals surface area contributed by atoms with Gasteiger partial charge in [-0.25, -0.2) is 0 Å². The van der Waals surface area contributed by atoms with E-state index in [1.165, 1.54) is 0 Å². The second-order valence-electron chi connectivity index (χ2n) is 2.94. The van der Waals surface area contributed by atoms with Crippen molar-refractivity contribution in [3.05, 3.63) is 25.0 Å². The molecule has 1 rings (SSSR count). The van der Waals surface area contributed by atoms with Gasteiger partial charge >= 0.3 is 0 Å². The van der Waals surface area contributed by atoms with E-state index in [9.17, 15) is 0 Å². The first-order chi connectivity index (χ1) is 5.15. The fourth-order valence-corrected chi connectivity index (χ4v) is 1.23. The number of ether oxygens (including phenoxy) is 1. The molecule has 11 heavy (non-hydrogen) atoms. The van der Waals surface area contributed by atoms with Crippen molar-refractivity contribution in [2.24, 2.45) is 11.7 Å². The quantitative estimate of drug-likeness (QED) is 0.490. The first-order valence-corrected chi connectivity index (χ1v) is 3.88. The first kappa shape index (κ1) is 8.34. The molecule has 2 unspecified atom stereocenters. The summed E-state index contributed by atoms with van der Waals surface area (Å²) in [5.74, 6) is 1.06. The molecule has 1 aliphatic rings. The topological polar surface area (TPSA) is 35.2 Å². The molecule has 0 saturated heterocycles. The third kappa shape index (κ3) is 1.31. The van der Waals surface area contributed by atoms with Gasteiger partial charge in [-0.2, -0.15) is 0 Å². The van der Waals surface area contributed by atoms with Crippen molar-refractivity contribution < 1.29 is 4.74 Å². The van der Waals surface area contributed by atoms with Crippen LogP contribution in [0.4, 0.5) is 0 Å². The monoisotopic (exact) mass is 153 g/mol. The van der Waals surface area contributed by atoms with E-state index < -0.39 is 0 Å². The molecule has 1 aliphatic carbocycles. The van der Waals surface area contributed by atoms with Crippen molar-refractivity contribution in [3.63, 3.8) is 0 Å². The Morgan fingerprint density at radius 2 is 2.55 bits per heavy atom. The highest BCUT2D eigenvalue weighted by Gasteiger charge is 2.52. The minimum absolute atomic E-state index is 0.308. The smallest absolute Gasteiger partial charge is 0.109 e. The first-order valence-electron chi connectivity index (χ1n) is 3.88. The van der Waals surface area contributed by atoms with E-state index >= 15 is 0 Å². The Bertz CT molecular complexity index is 188. The van der Waals surface area contributed by atoms with Crippen LogP contribution < -0.4 is 5.73 Å². The maximum Gasteiger partial charge on any atom is 0.109 e. The fourth-order valence-electron chi connectivity index (χ4n) is 1.23. The summed E-state index contributed by atoms with van der Waals surface area (Å²) < 4.78 is 5.23. The Hall–Kier alpha value is -0.760. The van der Waals surface area contributed by atoms with E-state index in [1.54, 1.807) is 0 Å². The summed E-state index contributed by atoms with van der Waals surface area (Å²) in [5, 5.41) is 0. The summed E-state index contributed by atoms with van der Waals surface area (Å²) in [6, 6.07) is 0. The molecule has 0 spiro atoms. The normalized spacial score (nSPS) is 34.5. The third-order valence-corrected chi connectivity index (χ3v) is 2.18. The minimum atomic E-state index is -0.308. The van der Waals surface area contributed by atoms with Crippen LogP contribution in [0.2, 0.25) is 0 Å². The van der Waals surface area contributed by atoms with Crippen LogP contribution in [0.25, 0.3) is 0 Å². The van der Waals surface area contributed by atoms with Gasteiger partial charge in [-0.15, -0.1) is 6.58 Å². The van der Waals surface area contributed by atoms with E-state index in [0.717, 1.165) is 6.42 Å². The molecule has 0 amide bonds. The third-order valence-electron chi connectivity index (χ3n) is 2.18. The van der Waals surface area contributed by atoms with Crippen LogP contribution >= 0.6 is 0 Å². The van der Waals surface area contributed by atoms with E-state index in [-0.39, 0.29) is 5.54 Å². The summed E-state index contributed by atoms with van der Waals surface area (Å²) >= 11 is 0. The summed E-state index contributed by atoms with van der Waals surface area (Å²) in [4.78, 5) is 0. The summed E-state index contributed by atoms with van der Waals surface area (Å²) in [6.45, 7) is 10.0. The molecule has 62 valence electrons. The minimum Gasteiger partial charge on any atom is -0.497 e. The van der Waals surface area contributed by atoms with E-state index in [4.69, 9.17) is 10.5 Å². The van der Waals surface area contributed by atoms with Crippen LogP contribution in [0.15, 0.2) is 25.0 Å². The predicted octanol–water partition coefficient (Wildman–Crippen LogP) is 1.44. The van der Waals surface area contributed by atoms with Gasteiger partial charge < -0.3 is 10.5 Å². The second kappa shape index (κ2) is 2.70. The SMILES string of the molecule is C=CC1CC1(N)C(=C)OCC. The van der Waals surface area contributed by atoms with Crippen molar-refractivity contribution in [3.8, 4) is 0 Å². The Kier molecular flexibility index (Phi) is 2.05. The van der Waals surface area contributed by atoms with Crippen molar-refractivity contribution in [1.29, 1.82) is 0 Å². The van der Waals surface area contributed by atoms with Crippen molar-refractivity contribution in [1.82, 2.24) is 0 Å². The molecule has 0 aliphatic heterocycles. The van der Waals surface area contributed by atoms with Gasteiger partial charge in [0.2, 0.25) is 0 Å². The molecule has 2 atom stereocenters. The molecule has 0 aromatic carbocycles. The standard InChI is InChI=1S/C9H15NO/c1-4-8-6-9(8,10)7(3)11-5-2/h4,8H,1,3,5-6,10H2,2H3. The Labute approximate surface area is 67.7 Å². The van der Waals surface area contributed by atoms with Gasteiger partial charge in [0.25, 0.3) is 0 Å². The van der Waals surface area contributed by atoms with Crippen LogP contribution in [-0.4, -0.2) is 12.1 Å². The highest BCUT2D eigenvalue weighted by molar-refractivity contribution is 5.28. The van der Waals surface area contributed by atoms with Gasteiger partial charge in [-0.3, -0.25) is 0 Å². The van der Waals surface area contributed by atoms with Gasteiger partial charge in [-0.05, 0) is 13.3 Å². The zero-order valence-electron chi connectivity index (χ0n) is 6.97. The van der Waals surface area contributed by atoms with Crippen LogP contribution in [0.3, 0.4) is 0 Å². The molecule has 2 heteroatoms. The molecule has 0 bridgehead atoms. The zero-order chi connectivity index (χ0) is 8.48. The zero-order valence-corrected chi connectivity index (χ0v) is 6.97. The van der Waals surface area contributed by atoms with Crippen molar-refractivity contribution in [2.75, 3.05) is 6.61 Å². The maximum absolute atomic E-state index is 5.94. The summed E-state index contributed by atoms with van der Waals surface area (Å²) in [7, 11) is 0. The average molecular weight is 153 g/mol. The molecule has 0 aromatic heterocycles. The molecule has 0 heterocycles. The predicted molar refractivity (Wildman–Crippen MR) is 46.0 cm³/mol.